The van der Waals surface area contributed by atoms with Gasteiger partial charge in [-0.1, -0.05) is 0 Å². The Labute approximate surface area is 96.4 Å². The molecule has 2 heterocycles. The Morgan fingerprint density at radius 2 is 1.73 bits per heavy atom. The van der Waals surface area contributed by atoms with Crippen molar-refractivity contribution in [1.29, 1.82) is 0 Å². The van der Waals surface area contributed by atoms with Crippen LogP contribution in [0.15, 0.2) is 22.9 Å². The van der Waals surface area contributed by atoms with Gasteiger partial charge < -0.3 is 0 Å². The van der Waals surface area contributed by atoms with Gasteiger partial charge in [0.15, 0.2) is 5.78 Å². The Kier molecular flexibility index (Phi) is 1.74. The number of carbonyl (C=O) groups excluding carboxylic acids is 1. The summed E-state index contributed by atoms with van der Waals surface area (Å²) in [5.41, 5.74) is 1.73. The summed E-state index contributed by atoms with van der Waals surface area (Å²) in [6.07, 6.45) is 0. The maximum absolute atomic E-state index is 12.3. The number of ketones is 1. The molecule has 0 aromatic carbocycles. The molecule has 0 saturated carbocycles. The number of thiophene rings is 2. The summed E-state index contributed by atoms with van der Waals surface area (Å²) in [5.74, 6) is 0.254. The van der Waals surface area contributed by atoms with E-state index in [1.807, 2.05) is 25.3 Å². The number of Topliss-reactive ketones (excluding diaryl/α,β-unsaturated/α-hetero) is 1. The van der Waals surface area contributed by atoms with Crippen LogP contribution in [-0.4, -0.2) is 5.78 Å². The van der Waals surface area contributed by atoms with Gasteiger partial charge in [-0.05, 0) is 42.3 Å². The van der Waals surface area contributed by atoms with E-state index in [2.05, 4.69) is 11.4 Å². The molecular weight excluding hydrogens is 224 g/mol. The lowest BCUT2D eigenvalue weighted by molar-refractivity contribution is 0.0908. The first kappa shape index (κ1) is 9.31. The van der Waals surface area contributed by atoms with Crippen LogP contribution in [-0.2, 0) is 5.41 Å². The molecule has 1 aliphatic carbocycles. The second-order valence-electron chi connectivity index (χ2n) is 4.28. The third kappa shape index (κ3) is 1.05. The molecule has 2 aromatic heterocycles. The molecule has 0 atom stereocenters. The quantitative estimate of drug-likeness (QED) is 0.674. The molecule has 0 saturated heterocycles. The van der Waals surface area contributed by atoms with Crippen molar-refractivity contribution in [2.75, 3.05) is 0 Å². The van der Waals surface area contributed by atoms with Gasteiger partial charge in [0.25, 0.3) is 0 Å². The minimum Gasteiger partial charge on any atom is -0.293 e. The Hall–Kier alpha value is -0.930. The summed E-state index contributed by atoms with van der Waals surface area (Å²) in [5, 5.41) is 4.09. The van der Waals surface area contributed by atoms with Crippen molar-refractivity contribution in [3.8, 4) is 9.75 Å². The predicted octanol–water partition coefficient (Wildman–Crippen LogP) is 3.95. The van der Waals surface area contributed by atoms with E-state index in [0.29, 0.717) is 0 Å². The third-order valence-electron chi connectivity index (χ3n) is 3.02. The van der Waals surface area contributed by atoms with Crippen molar-refractivity contribution >= 4 is 28.5 Å². The van der Waals surface area contributed by atoms with E-state index >= 15 is 0 Å². The second kappa shape index (κ2) is 2.80. The maximum Gasteiger partial charge on any atom is 0.174 e. The summed E-state index contributed by atoms with van der Waals surface area (Å²) in [7, 11) is 0. The molecule has 0 N–H and O–H groups in total. The van der Waals surface area contributed by atoms with Crippen LogP contribution in [0.4, 0.5) is 0 Å². The van der Waals surface area contributed by atoms with Crippen molar-refractivity contribution in [2.45, 2.75) is 19.3 Å². The zero-order valence-corrected chi connectivity index (χ0v) is 10.2. The van der Waals surface area contributed by atoms with Gasteiger partial charge in [0, 0.05) is 10.4 Å². The number of fused-ring (bicyclic) bond motifs is 3. The Balaban J connectivity index is 2.41. The fraction of sp³-hybridized carbons (Fsp3) is 0.250. The van der Waals surface area contributed by atoms with Crippen molar-refractivity contribution in [3.05, 3.63) is 34.0 Å². The highest BCUT2D eigenvalue weighted by molar-refractivity contribution is 7.21. The summed E-state index contributed by atoms with van der Waals surface area (Å²) in [4.78, 5) is 14.7. The third-order valence-corrected chi connectivity index (χ3v) is 5.02. The molecule has 3 rings (SSSR count). The monoisotopic (exact) mass is 234 g/mol. The largest absolute Gasteiger partial charge is 0.293 e. The standard InChI is InChI=1S/C12H10OS2/c1-12(2)8-4-6-15-10(8)9-7(11(12)13)3-5-14-9/h3-6H,1-2H3. The van der Waals surface area contributed by atoms with E-state index in [9.17, 15) is 4.79 Å². The van der Waals surface area contributed by atoms with Crippen LogP contribution < -0.4 is 0 Å². The fourth-order valence-electron chi connectivity index (χ4n) is 2.10. The van der Waals surface area contributed by atoms with Gasteiger partial charge >= 0.3 is 0 Å². The average molecular weight is 234 g/mol. The van der Waals surface area contributed by atoms with Gasteiger partial charge in [-0.2, -0.15) is 0 Å². The first-order chi connectivity index (χ1) is 7.12. The zero-order valence-electron chi connectivity index (χ0n) is 8.53. The van der Waals surface area contributed by atoms with E-state index in [0.717, 1.165) is 10.4 Å². The lowest BCUT2D eigenvalue weighted by Gasteiger charge is -2.28. The molecular formula is C12H10OS2. The van der Waals surface area contributed by atoms with Gasteiger partial charge in [0.05, 0.1) is 10.3 Å². The smallest absolute Gasteiger partial charge is 0.174 e. The molecule has 3 heteroatoms. The van der Waals surface area contributed by atoms with E-state index < -0.39 is 0 Å². The van der Waals surface area contributed by atoms with Crippen LogP contribution in [0.25, 0.3) is 9.75 Å². The van der Waals surface area contributed by atoms with E-state index in [1.165, 1.54) is 10.4 Å². The Morgan fingerprint density at radius 3 is 2.53 bits per heavy atom. The molecule has 0 aliphatic heterocycles. The normalized spacial score (nSPS) is 17.3. The molecule has 0 bridgehead atoms. The number of hydrogen-bond acceptors (Lipinski definition) is 3. The molecule has 0 amide bonds. The van der Waals surface area contributed by atoms with Crippen LogP contribution in [0.3, 0.4) is 0 Å². The summed E-state index contributed by atoms with van der Waals surface area (Å²) < 4.78 is 0. The van der Waals surface area contributed by atoms with Crippen molar-refractivity contribution in [2.24, 2.45) is 0 Å². The van der Waals surface area contributed by atoms with E-state index in [-0.39, 0.29) is 11.2 Å². The van der Waals surface area contributed by atoms with E-state index in [4.69, 9.17) is 0 Å². The highest BCUT2D eigenvalue weighted by Crippen LogP contribution is 2.47. The minimum absolute atomic E-state index is 0.254. The van der Waals surface area contributed by atoms with Crippen molar-refractivity contribution < 1.29 is 4.79 Å². The zero-order chi connectivity index (χ0) is 10.6. The first-order valence-corrected chi connectivity index (χ1v) is 6.59. The van der Waals surface area contributed by atoms with Crippen LogP contribution in [0.5, 0.6) is 0 Å². The predicted molar refractivity (Wildman–Crippen MR) is 65.0 cm³/mol. The van der Waals surface area contributed by atoms with Crippen LogP contribution >= 0.6 is 22.7 Å². The van der Waals surface area contributed by atoms with Crippen molar-refractivity contribution in [1.82, 2.24) is 0 Å². The Bertz CT molecular complexity index is 545. The van der Waals surface area contributed by atoms with E-state index in [1.54, 1.807) is 22.7 Å². The summed E-state index contributed by atoms with van der Waals surface area (Å²) >= 11 is 3.40. The van der Waals surface area contributed by atoms with Gasteiger partial charge in [-0.25, -0.2) is 0 Å². The molecule has 15 heavy (non-hydrogen) atoms. The minimum atomic E-state index is -0.358. The molecule has 0 spiro atoms. The highest BCUT2D eigenvalue weighted by Gasteiger charge is 2.39. The Morgan fingerprint density at radius 1 is 1.07 bits per heavy atom. The van der Waals surface area contributed by atoms with Crippen LogP contribution in [0.2, 0.25) is 0 Å². The molecule has 0 fully saturated rings. The molecule has 1 nitrogen and oxygen atoms in total. The topological polar surface area (TPSA) is 17.1 Å². The molecule has 0 radical (unpaired) electrons. The van der Waals surface area contributed by atoms with Crippen LogP contribution in [0, 0.1) is 0 Å². The average Bonchev–Trinajstić information content (AvgIpc) is 2.82. The maximum atomic E-state index is 12.3. The lowest BCUT2D eigenvalue weighted by Crippen LogP contribution is -2.31. The van der Waals surface area contributed by atoms with Gasteiger partial charge in [0.1, 0.15) is 0 Å². The molecule has 76 valence electrons. The number of carbonyl (C=O) groups is 1. The number of hydrogen-bond donors (Lipinski definition) is 0. The second-order valence-corrected chi connectivity index (χ2v) is 6.11. The highest BCUT2D eigenvalue weighted by atomic mass is 32.1. The SMILES string of the molecule is CC1(C)C(=O)c2ccsc2-c2sccc21. The van der Waals surface area contributed by atoms with Crippen LogP contribution in [0.1, 0.15) is 29.8 Å². The van der Waals surface area contributed by atoms with Gasteiger partial charge in [-0.3, -0.25) is 4.79 Å². The molecule has 2 aromatic rings. The van der Waals surface area contributed by atoms with Gasteiger partial charge in [0.2, 0.25) is 0 Å². The molecule has 1 aliphatic rings. The summed E-state index contributed by atoms with van der Waals surface area (Å²) in [6, 6.07) is 4.04. The lowest BCUT2D eigenvalue weighted by atomic mass is 9.74. The number of rotatable bonds is 0. The van der Waals surface area contributed by atoms with Crippen molar-refractivity contribution in [3.63, 3.8) is 0 Å². The van der Waals surface area contributed by atoms with Gasteiger partial charge in [-0.15, -0.1) is 22.7 Å². The fourth-order valence-corrected chi connectivity index (χ4v) is 4.24. The molecule has 0 unspecified atom stereocenters. The summed E-state index contributed by atoms with van der Waals surface area (Å²) in [6.45, 7) is 4.03. The first-order valence-electron chi connectivity index (χ1n) is 4.83.